The number of hydrogen-bond donors (Lipinski definition) is 0. The van der Waals surface area contributed by atoms with E-state index in [1.54, 1.807) is 17.0 Å². The maximum absolute atomic E-state index is 12.6. The van der Waals surface area contributed by atoms with Gasteiger partial charge in [0.05, 0.1) is 5.92 Å². The molecule has 6 nitrogen and oxygen atoms in total. The standard InChI is InChI=1S/C16H18ClF3N4O2/c17-12-2-1-3-13(21-12)22-4-6-23(7-5-22)15(26)11-8-14(25)24(9-11)10-16(18,19)20/h1-3,11H,4-10H2. The van der Waals surface area contributed by atoms with Gasteiger partial charge in [0.15, 0.2) is 0 Å². The number of carbonyl (C=O) groups excluding carboxylic acids is 2. The van der Waals surface area contributed by atoms with Crippen LogP contribution in [0.5, 0.6) is 0 Å². The molecule has 2 amide bonds. The summed E-state index contributed by atoms with van der Waals surface area (Å²) in [6.07, 6.45) is -4.62. The molecule has 1 atom stereocenters. The Morgan fingerprint density at radius 1 is 1.23 bits per heavy atom. The van der Waals surface area contributed by atoms with E-state index < -0.39 is 24.5 Å². The monoisotopic (exact) mass is 390 g/mol. The first-order valence-electron chi connectivity index (χ1n) is 8.24. The Labute approximate surface area is 153 Å². The Balaban J connectivity index is 1.55. The van der Waals surface area contributed by atoms with Gasteiger partial charge in [-0.3, -0.25) is 9.59 Å². The summed E-state index contributed by atoms with van der Waals surface area (Å²) in [5, 5.41) is 0.384. The number of halogens is 4. The van der Waals surface area contributed by atoms with Crippen molar-refractivity contribution in [2.75, 3.05) is 44.2 Å². The summed E-state index contributed by atoms with van der Waals surface area (Å²) in [4.78, 5) is 32.9. The maximum atomic E-state index is 12.6. The second-order valence-electron chi connectivity index (χ2n) is 6.42. The lowest BCUT2D eigenvalue weighted by atomic mass is 10.1. The molecule has 1 aromatic heterocycles. The van der Waals surface area contributed by atoms with Crippen LogP contribution in [-0.4, -0.2) is 72.0 Å². The Morgan fingerprint density at radius 3 is 2.54 bits per heavy atom. The Kier molecular flexibility index (Phi) is 5.27. The Bertz CT molecular complexity index is 692. The van der Waals surface area contributed by atoms with Crippen molar-refractivity contribution in [1.29, 1.82) is 0 Å². The first kappa shape index (κ1) is 18.8. The molecule has 2 aliphatic heterocycles. The molecule has 0 radical (unpaired) electrons. The minimum absolute atomic E-state index is 0.162. The van der Waals surface area contributed by atoms with Gasteiger partial charge in [-0.2, -0.15) is 13.2 Å². The Hall–Kier alpha value is -2.03. The van der Waals surface area contributed by atoms with Gasteiger partial charge >= 0.3 is 6.18 Å². The SMILES string of the molecule is O=C1CC(C(=O)N2CCN(c3cccc(Cl)n3)CC2)CN1CC(F)(F)F. The van der Waals surface area contributed by atoms with Crippen LogP contribution < -0.4 is 4.90 Å². The van der Waals surface area contributed by atoms with Crippen molar-refractivity contribution in [3.05, 3.63) is 23.4 Å². The highest BCUT2D eigenvalue weighted by atomic mass is 35.5. The molecule has 0 bridgehead atoms. The molecule has 26 heavy (non-hydrogen) atoms. The van der Waals surface area contributed by atoms with Crippen molar-refractivity contribution in [3.63, 3.8) is 0 Å². The number of likely N-dealkylation sites (tertiary alicyclic amines) is 1. The lowest BCUT2D eigenvalue weighted by molar-refractivity contribution is -0.157. The molecule has 142 valence electrons. The fourth-order valence-electron chi connectivity index (χ4n) is 3.29. The smallest absolute Gasteiger partial charge is 0.353 e. The van der Waals surface area contributed by atoms with Crippen LogP contribution in [0.2, 0.25) is 5.15 Å². The highest BCUT2D eigenvalue weighted by Crippen LogP contribution is 2.26. The molecule has 2 saturated heterocycles. The summed E-state index contributed by atoms with van der Waals surface area (Å²) in [5.41, 5.74) is 0. The highest BCUT2D eigenvalue weighted by Gasteiger charge is 2.42. The molecule has 3 heterocycles. The zero-order chi connectivity index (χ0) is 18.9. The molecule has 1 aromatic rings. The van der Waals surface area contributed by atoms with Gasteiger partial charge in [-0.05, 0) is 12.1 Å². The molecule has 1 unspecified atom stereocenters. The first-order valence-corrected chi connectivity index (χ1v) is 8.61. The number of amides is 2. The number of anilines is 1. The number of rotatable bonds is 3. The summed E-state index contributed by atoms with van der Waals surface area (Å²) < 4.78 is 37.5. The van der Waals surface area contributed by atoms with Crippen LogP contribution in [-0.2, 0) is 9.59 Å². The van der Waals surface area contributed by atoms with Crippen LogP contribution in [0.25, 0.3) is 0 Å². The molecule has 10 heteroatoms. The fraction of sp³-hybridized carbons (Fsp3) is 0.562. The third-order valence-electron chi connectivity index (χ3n) is 4.55. The molecule has 2 aliphatic rings. The van der Waals surface area contributed by atoms with Crippen LogP contribution in [0, 0.1) is 5.92 Å². The number of hydrogen-bond acceptors (Lipinski definition) is 4. The predicted octanol–water partition coefficient (Wildman–Crippen LogP) is 1.79. The van der Waals surface area contributed by atoms with E-state index in [-0.39, 0.29) is 18.9 Å². The zero-order valence-corrected chi connectivity index (χ0v) is 14.6. The van der Waals surface area contributed by atoms with Crippen LogP contribution in [0.3, 0.4) is 0 Å². The van der Waals surface area contributed by atoms with Gasteiger partial charge in [-0.1, -0.05) is 17.7 Å². The molecule has 2 fully saturated rings. The number of aromatic nitrogens is 1. The average Bonchev–Trinajstić information content (AvgIpc) is 2.93. The molecule has 0 spiro atoms. The van der Waals surface area contributed by atoms with Crippen molar-refractivity contribution >= 4 is 29.2 Å². The van der Waals surface area contributed by atoms with Crippen LogP contribution >= 0.6 is 11.6 Å². The predicted molar refractivity (Wildman–Crippen MR) is 88.8 cm³/mol. The second kappa shape index (κ2) is 7.30. The Morgan fingerprint density at radius 2 is 1.92 bits per heavy atom. The number of alkyl halides is 3. The van der Waals surface area contributed by atoms with Crippen molar-refractivity contribution in [2.24, 2.45) is 5.92 Å². The quantitative estimate of drug-likeness (QED) is 0.738. The number of pyridine rings is 1. The zero-order valence-electron chi connectivity index (χ0n) is 13.9. The number of nitrogens with zero attached hydrogens (tertiary/aromatic N) is 4. The average molecular weight is 391 g/mol. The van der Waals surface area contributed by atoms with Gasteiger partial charge in [0.1, 0.15) is 17.5 Å². The number of carbonyl (C=O) groups is 2. The fourth-order valence-corrected chi connectivity index (χ4v) is 3.45. The minimum Gasteiger partial charge on any atom is -0.353 e. The molecule has 3 rings (SSSR count). The maximum Gasteiger partial charge on any atom is 0.406 e. The van der Waals surface area contributed by atoms with Crippen molar-refractivity contribution in [3.8, 4) is 0 Å². The topological polar surface area (TPSA) is 56.8 Å². The molecule has 0 aliphatic carbocycles. The normalized spacial score (nSPS) is 21.5. The van der Waals surface area contributed by atoms with E-state index in [1.165, 1.54) is 0 Å². The van der Waals surface area contributed by atoms with Gasteiger partial charge in [0.25, 0.3) is 0 Å². The van der Waals surface area contributed by atoms with E-state index in [0.29, 0.717) is 36.2 Å². The largest absolute Gasteiger partial charge is 0.406 e. The minimum atomic E-state index is -4.46. The van der Waals surface area contributed by atoms with Gasteiger partial charge < -0.3 is 14.7 Å². The van der Waals surface area contributed by atoms with E-state index in [2.05, 4.69) is 4.98 Å². The van der Waals surface area contributed by atoms with E-state index >= 15 is 0 Å². The van der Waals surface area contributed by atoms with Crippen LogP contribution in [0.4, 0.5) is 19.0 Å². The van der Waals surface area contributed by atoms with Crippen molar-refractivity contribution < 1.29 is 22.8 Å². The van der Waals surface area contributed by atoms with Gasteiger partial charge in [0.2, 0.25) is 11.8 Å². The molecule has 0 saturated carbocycles. The van der Waals surface area contributed by atoms with E-state index in [1.807, 2.05) is 11.0 Å². The highest BCUT2D eigenvalue weighted by molar-refractivity contribution is 6.29. The molecular formula is C16H18ClF3N4O2. The summed E-state index contributed by atoms with van der Waals surface area (Å²) in [7, 11) is 0. The first-order chi connectivity index (χ1) is 12.2. The van der Waals surface area contributed by atoms with Gasteiger partial charge in [-0.25, -0.2) is 4.98 Å². The lowest BCUT2D eigenvalue weighted by Crippen LogP contribution is -2.51. The molecule has 0 aromatic carbocycles. The molecule has 0 N–H and O–H groups in total. The molecular weight excluding hydrogens is 373 g/mol. The van der Waals surface area contributed by atoms with Crippen LogP contribution in [0.1, 0.15) is 6.42 Å². The van der Waals surface area contributed by atoms with Gasteiger partial charge in [0, 0.05) is 39.1 Å². The van der Waals surface area contributed by atoms with E-state index in [9.17, 15) is 22.8 Å². The van der Waals surface area contributed by atoms with E-state index in [4.69, 9.17) is 11.6 Å². The summed E-state index contributed by atoms with van der Waals surface area (Å²) in [6, 6.07) is 5.30. The summed E-state index contributed by atoms with van der Waals surface area (Å²) in [6.45, 7) is 0.475. The van der Waals surface area contributed by atoms with Crippen LogP contribution in [0.15, 0.2) is 18.2 Å². The van der Waals surface area contributed by atoms with Gasteiger partial charge in [-0.15, -0.1) is 0 Å². The lowest BCUT2D eigenvalue weighted by Gasteiger charge is -2.36. The summed E-state index contributed by atoms with van der Waals surface area (Å²) in [5.74, 6) is -0.873. The number of piperazine rings is 1. The second-order valence-corrected chi connectivity index (χ2v) is 6.81. The van der Waals surface area contributed by atoms with Crippen molar-refractivity contribution in [2.45, 2.75) is 12.6 Å². The van der Waals surface area contributed by atoms with Crippen molar-refractivity contribution in [1.82, 2.24) is 14.8 Å². The third kappa shape index (κ3) is 4.38. The third-order valence-corrected chi connectivity index (χ3v) is 4.76. The van der Waals surface area contributed by atoms with E-state index in [0.717, 1.165) is 5.82 Å². The summed E-state index contributed by atoms with van der Waals surface area (Å²) >= 11 is 5.88.